The molecule has 0 unspecified atom stereocenters. The van der Waals surface area contributed by atoms with Crippen LogP contribution in [0.3, 0.4) is 0 Å². The minimum Gasteiger partial charge on any atom is -0.348 e. The van der Waals surface area contributed by atoms with Crippen LogP contribution in [0.5, 0.6) is 0 Å². The van der Waals surface area contributed by atoms with Gasteiger partial charge in [-0.15, -0.1) is 0 Å². The van der Waals surface area contributed by atoms with Crippen molar-refractivity contribution in [1.29, 1.82) is 0 Å². The Kier molecular flexibility index (Phi) is 5.96. The lowest BCUT2D eigenvalue weighted by atomic mass is 10.1. The molecule has 2 N–H and O–H groups in total. The summed E-state index contributed by atoms with van der Waals surface area (Å²) >= 11 is 0. The van der Waals surface area contributed by atoms with E-state index in [9.17, 15) is 9.18 Å². The van der Waals surface area contributed by atoms with Gasteiger partial charge >= 0.3 is 0 Å². The van der Waals surface area contributed by atoms with Crippen LogP contribution in [0.1, 0.15) is 29.5 Å². The zero-order valence-electron chi connectivity index (χ0n) is 14.3. The fourth-order valence-electron chi connectivity index (χ4n) is 3.21. The summed E-state index contributed by atoms with van der Waals surface area (Å²) in [6.45, 7) is 4.02. The van der Waals surface area contributed by atoms with E-state index in [0.717, 1.165) is 12.1 Å². The number of benzene rings is 2. The summed E-state index contributed by atoms with van der Waals surface area (Å²) in [6.07, 6.45) is 5.79. The molecule has 3 nitrogen and oxygen atoms in total. The molecule has 1 aliphatic rings. The van der Waals surface area contributed by atoms with Crippen LogP contribution in [0.2, 0.25) is 0 Å². The number of likely N-dealkylation sites (tertiary alicyclic amines) is 1. The number of rotatable bonds is 6. The average Bonchev–Trinajstić information content (AvgIpc) is 3.13. The van der Waals surface area contributed by atoms with Gasteiger partial charge in [0.25, 0.3) is 0 Å². The molecular formula is C21H24FN2O+. The van der Waals surface area contributed by atoms with Gasteiger partial charge in [0.15, 0.2) is 0 Å². The lowest BCUT2D eigenvalue weighted by Gasteiger charge is -2.15. The van der Waals surface area contributed by atoms with Crippen molar-refractivity contribution in [2.75, 3.05) is 13.1 Å². The Morgan fingerprint density at radius 1 is 1.04 bits per heavy atom. The van der Waals surface area contributed by atoms with E-state index in [0.29, 0.717) is 6.54 Å². The normalized spacial score (nSPS) is 14.9. The van der Waals surface area contributed by atoms with Gasteiger partial charge in [-0.1, -0.05) is 36.4 Å². The van der Waals surface area contributed by atoms with Crippen molar-refractivity contribution in [2.24, 2.45) is 0 Å². The predicted molar refractivity (Wildman–Crippen MR) is 97.4 cm³/mol. The van der Waals surface area contributed by atoms with Crippen molar-refractivity contribution in [3.63, 3.8) is 0 Å². The van der Waals surface area contributed by atoms with Gasteiger partial charge in [-0.2, -0.15) is 0 Å². The molecule has 0 spiro atoms. The van der Waals surface area contributed by atoms with Crippen molar-refractivity contribution in [3.05, 3.63) is 77.1 Å². The highest BCUT2D eigenvalue weighted by Crippen LogP contribution is 2.08. The number of carbonyl (C=O) groups excluding carboxylic acids is 1. The third-order valence-electron chi connectivity index (χ3n) is 4.62. The van der Waals surface area contributed by atoms with Gasteiger partial charge in [-0.25, -0.2) is 4.39 Å². The highest BCUT2D eigenvalue weighted by atomic mass is 19.1. The molecule has 2 aromatic carbocycles. The maximum Gasteiger partial charge on any atom is 0.244 e. The molecule has 1 heterocycles. The fourth-order valence-corrected chi connectivity index (χ4v) is 3.21. The first-order valence-electron chi connectivity index (χ1n) is 8.82. The molecule has 0 saturated carbocycles. The first-order chi connectivity index (χ1) is 12.2. The molecule has 25 heavy (non-hydrogen) atoms. The van der Waals surface area contributed by atoms with Crippen LogP contribution in [-0.4, -0.2) is 19.0 Å². The molecule has 0 aliphatic carbocycles. The summed E-state index contributed by atoms with van der Waals surface area (Å²) in [4.78, 5) is 13.7. The van der Waals surface area contributed by atoms with Crippen LogP contribution in [0.15, 0.2) is 54.6 Å². The van der Waals surface area contributed by atoms with Crippen LogP contribution >= 0.6 is 0 Å². The third kappa shape index (κ3) is 5.26. The van der Waals surface area contributed by atoms with Crippen molar-refractivity contribution in [3.8, 4) is 0 Å². The van der Waals surface area contributed by atoms with Crippen molar-refractivity contribution in [1.82, 2.24) is 5.32 Å². The summed E-state index contributed by atoms with van der Waals surface area (Å²) in [5, 5.41) is 2.94. The molecule has 4 heteroatoms. The summed E-state index contributed by atoms with van der Waals surface area (Å²) in [5.41, 5.74) is 3.28. The average molecular weight is 339 g/mol. The van der Waals surface area contributed by atoms with Gasteiger partial charge in [0.2, 0.25) is 5.91 Å². The molecule has 0 bridgehead atoms. The van der Waals surface area contributed by atoms with Gasteiger partial charge in [-0.3, -0.25) is 4.79 Å². The first kappa shape index (κ1) is 17.4. The van der Waals surface area contributed by atoms with Crippen LogP contribution in [-0.2, 0) is 17.9 Å². The molecule has 0 aromatic heterocycles. The molecule has 0 radical (unpaired) electrons. The Morgan fingerprint density at radius 3 is 2.44 bits per heavy atom. The van der Waals surface area contributed by atoms with Crippen LogP contribution in [0, 0.1) is 5.82 Å². The van der Waals surface area contributed by atoms with E-state index in [1.165, 1.54) is 55.3 Å². The molecule has 1 aliphatic heterocycles. The van der Waals surface area contributed by atoms with E-state index in [2.05, 4.69) is 23.5 Å². The number of quaternary nitrogens is 1. The molecule has 1 saturated heterocycles. The number of amides is 1. The number of hydrogen-bond acceptors (Lipinski definition) is 1. The molecule has 2 aromatic rings. The summed E-state index contributed by atoms with van der Waals surface area (Å²) in [7, 11) is 0. The third-order valence-corrected chi connectivity index (χ3v) is 4.62. The fraction of sp³-hybridized carbons (Fsp3) is 0.286. The number of nitrogens with one attached hydrogen (secondary N) is 2. The van der Waals surface area contributed by atoms with Crippen LogP contribution in [0.4, 0.5) is 4.39 Å². The molecule has 3 rings (SSSR count). The van der Waals surface area contributed by atoms with E-state index in [4.69, 9.17) is 0 Å². The second-order valence-electron chi connectivity index (χ2n) is 6.51. The molecular weight excluding hydrogens is 315 g/mol. The predicted octanol–water partition coefficient (Wildman–Crippen LogP) is 2.33. The smallest absolute Gasteiger partial charge is 0.244 e. The molecule has 1 fully saturated rings. The Bertz CT molecular complexity index is 734. The highest BCUT2D eigenvalue weighted by Gasteiger charge is 2.17. The van der Waals surface area contributed by atoms with E-state index in [-0.39, 0.29) is 11.7 Å². The van der Waals surface area contributed by atoms with Crippen molar-refractivity contribution >= 4 is 12.0 Å². The first-order valence-corrected chi connectivity index (χ1v) is 8.82. The molecule has 0 atom stereocenters. The van der Waals surface area contributed by atoms with Gasteiger partial charge in [-0.05, 0) is 29.3 Å². The lowest BCUT2D eigenvalue weighted by molar-refractivity contribution is -0.901. The SMILES string of the molecule is O=C(/C=C/c1ccc(F)cc1)NCc1ccccc1C[NH+]1CCCC1. The number of hydrogen-bond donors (Lipinski definition) is 2. The second kappa shape index (κ2) is 8.58. The Balaban J connectivity index is 1.55. The standard InChI is InChI=1S/C21H23FN2O/c22-20-10-7-17(8-11-20)9-12-21(25)23-15-18-5-1-2-6-19(18)16-24-13-3-4-14-24/h1-2,5-12H,3-4,13-16H2,(H,23,25)/p+1/b12-9+. The Labute approximate surface area is 148 Å². The van der Waals surface area contributed by atoms with Gasteiger partial charge in [0, 0.05) is 31.0 Å². The summed E-state index contributed by atoms with van der Waals surface area (Å²) in [6, 6.07) is 14.4. The van der Waals surface area contributed by atoms with Gasteiger partial charge in [0.05, 0.1) is 13.1 Å². The van der Waals surface area contributed by atoms with Gasteiger partial charge in [0.1, 0.15) is 12.4 Å². The maximum atomic E-state index is 12.9. The molecule has 130 valence electrons. The Morgan fingerprint density at radius 2 is 1.72 bits per heavy atom. The van der Waals surface area contributed by atoms with E-state index >= 15 is 0 Å². The monoisotopic (exact) mass is 339 g/mol. The zero-order chi connectivity index (χ0) is 17.5. The zero-order valence-corrected chi connectivity index (χ0v) is 14.3. The largest absolute Gasteiger partial charge is 0.348 e. The molecule has 1 amide bonds. The maximum absolute atomic E-state index is 12.9. The van der Waals surface area contributed by atoms with Crippen LogP contribution < -0.4 is 10.2 Å². The lowest BCUT2D eigenvalue weighted by Crippen LogP contribution is -3.08. The van der Waals surface area contributed by atoms with Crippen molar-refractivity contribution < 1.29 is 14.1 Å². The van der Waals surface area contributed by atoms with Crippen LogP contribution in [0.25, 0.3) is 6.08 Å². The highest BCUT2D eigenvalue weighted by molar-refractivity contribution is 5.91. The summed E-state index contributed by atoms with van der Waals surface area (Å²) in [5.74, 6) is -0.425. The minimum atomic E-state index is -0.279. The van der Waals surface area contributed by atoms with Crippen molar-refractivity contribution in [2.45, 2.75) is 25.9 Å². The number of halogens is 1. The topological polar surface area (TPSA) is 33.5 Å². The second-order valence-corrected chi connectivity index (χ2v) is 6.51. The minimum absolute atomic E-state index is 0.146. The van der Waals surface area contributed by atoms with E-state index < -0.39 is 0 Å². The van der Waals surface area contributed by atoms with Gasteiger partial charge < -0.3 is 10.2 Å². The quantitative estimate of drug-likeness (QED) is 0.778. The summed E-state index contributed by atoms with van der Waals surface area (Å²) < 4.78 is 12.9. The Hall–Kier alpha value is -2.46. The number of carbonyl (C=O) groups is 1. The van der Waals surface area contributed by atoms with E-state index in [1.54, 1.807) is 23.1 Å². The van der Waals surface area contributed by atoms with E-state index in [1.807, 2.05) is 6.07 Å².